The number of ether oxygens (including phenoxy) is 1. The molecule has 1 fully saturated rings. The summed E-state index contributed by atoms with van der Waals surface area (Å²) in [6, 6.07) is 22.6. The van der Waals surface area contributed by atoms with Crippen molar-refractivity contribution in [3.05, 3.63) is 107 Å². The monoisotopic (exact) mass is 482 g/mol. The summed E-state index contributed by atoms with van der Waals surface area (Å²) in [7, 11) is 1.70. The van der Waals surface area contributed by atoms with Gasteiger partial charge in [0.1, 0.15) is 5.75 Å². The second-order valence-corrected chi connectivity index (χ2v) is 9.46. The zero-order chi connectivity index (χ0) is 24.7. The molecule has 2 aromatic carbocycles. The number of anilines is 1. The van der Waals surface area contributed by atoms with E-state index in [2.05, 4.69) is 78.9 Å². The maximum Gasteiger partial charge on any atom is 0.174 e. The van der Waals surface area contributed by atoms with E-state index < -0.39 is 0 Å². The third-order valence-electron chi connectivity index (χ3n) is 6.89. The number of hydrogen-bond donors (Lipinski definition) is 1. The van der Waals surface area contributed by atoms with Crippen molar-refractivity contribution in [2.75, 3.05) is 12.0 Å². The number of aromatic nitrogens is 2. The highest BCUT2D eigenvalue weighted by atomic mass is 32.1. The summed E-state index contributed by atoms with van der Waals surface area (Å²) in [5.41, 5.74) is 9.22. The van der Waals surface area contributed by atoms with E-state index >= 15 is 0 Å². The Kier molecular flexibility index (Phi) is 6.07. The average molecular weight is 483 g/mol. The number of hydrogen-bond acceptors (Lipinski definition) is 3. The molecule has 178 valence electrons. The molecule has 0 aliphatic carbocycles. The first kappa shape index (κ1) is 23.1. The number of benzene rings is 2. The molecule has 2 aromatic heterocycles. The van der Waals surface area contributed by atoms with Crippen molar-refractivity contribution in [3.8, 4) is 11.4 Å². The molecule has 0 unspecified atom stereocenters. The van der Waals surface area contributed by atoms with Crippen LogP contribution in [0, 0.1) is 27.7 Å². The van der Waals surface area contributed by atoms with Crippen LogP contribution in [-0.4, -0.2) is 21.8 Å². The lowest BCUT2D eigenvalue weighted by Crippen LogP contribution is -2.30. The molecular weight excluding hydrogens is 452 g/mol. The van der Waals surface area contributed by atoms with Gasteiger partial charge < -0.3 is 19.5 Å². The van der Waals surface area contributed by atoms with Crippen LogP contribution in [-0.2, 0) is 0 Å². The van der Waals surface area contributed by atoms with Gasteiger partial charge in [0.15, 0.2) is 5.11 Å². The number of pyridine rings is 1. The maximum absolute atomic E-state index is 5.93. The Morgan fingerprint density at radius 3 is 2.31 bits per heavy atom. The Labute approximate surface area is 212 Å². The molecule has 0 saturated carbocycles. The molecule has 0 bridgehead atoms. The van der Waals surface area contributed by atoms with Gasteiger partial charge in [-0.3, -0.25) is 4.98 Å². The number of methoxy groups -OCH3 is 1. The highest BCUT2D eigenvalue weighted by Crippen LogP contribution is 2.46. The summed E-state index contributed by atoms with van der Waals surface area (Å²) in [6.45, 7) is 8.72. The van der Waals surface area contributed by atoms with Crippen LogP contribution < -0.4 is 15.0 Å². The van der Waals surface area contributed by atoms with Crippen LogP contribution in [0.25, 0.3) is 5.69 Å². The van der Waals surface area contributed by atoms with Gasteiger partial charge >= 0.3 is 0 Å². The second-order valence-electron chi connectivity index (χ2n) is 9.07. The molecule has 1 aliphatic heterocycles. The smallest absolute Gasteiger partial charge is 0.174 e. The molecule has 1 aliphatic rings. The van der Waals surface area contributed by atoms with Crippen LogP contribution >= 0.6 is 12.2 Å². The standard InChI is InChI=1S/C29H30N4OS/c1-18-11-10-12-19(2)27(18)32-20(3)17-22(21(32)4)28-26(23-13-8-9-16-30-23)31-29(35)33(28)24-14-6-7-15-25(24)34-5/h6-17,26,28H,1-5H3,(H,31,35)/t26-,28-/m0/s1. The Morgan fingerprint density at radius 1 is 0.914 bits per heavy atom. The number of rotatable bonds is 5. The average Bonchev–Trinajstić information content (AvgIpc) is 3.35. The zero-order valence-corrected chi connectivity index (χ0v) is 21.6. The van der Waals surface area contributed by atoms with E-state index in [1.165, 1.54) is 33.8 Å². The van der Waals surface area contributed by atoms with Crippen LogP contribution in [0.2, 0.25) is 0 Å². The van der Waals surface area contributed by atoms with Crippen molar-refractivity contribution < 1.29 is 4.74 Å². The van der Waals surface area contributed by atoms with Crippen molar-refractivity contribution in [3.63, 3.8) is 0 Å². The number of para-hydroxylation sites is 3. The molecule has 3 heterocycles. The quantitative estimate of drug-likeness (QED) is 0.339. The molecule has 1 saturated heterocycles. The van der Waals surface area contributed by atoms with Gasteiger partial charge in [-0.05, 0) is 86.9 Å². The van der Waals surface area contributed by atoms with Crippen molar-refractivity contribution in [1.82, 2.24) is 14.9 Å². The summed E-state index contributed by atoms with van der Waals surface area (Å²) in [5.74, 6) is 0.784. The largest absolute Gasteiger partial charge is 0.495 e. The lowest BCUT2D eigenvalue weighted by molar-refractivity contribution is 0.414. The van der Waals surface area contributed by atoms with Crippen molar-refractivity contribution in [2.24, 2.45) is 0 Å². The fraction of sp³-hybridized carbons (Fsp3) is 0.241. The third kappa shape index (κ3) is 3.88. The van der Waals surface area contributed by atoms with Gasteiger partial charge in [-0.1, -0.05) is 36.4 Å². The molecule has 0 radical (unpaired) electrons. The fourth-order valence-electron chi connectivity index (χ4n) is 5.35. The molecule has 6 heteroatoms. The van der Waals surface area contributed by atoms with Crippen LogP contribution in [0.1, 0.15) is 45.9 Å². The van der Waals surface area contributed by atoms with Gasteiger partial charge in [0.25, 0.3) is 0 Å². The lowest BCUT2D eigenvalue weighted by Gasteiger charge is -2.29. The summed E-state index contributed by atoms with van der Waals surface area (Å²) < 4.78 is 8.11. The number of nitrogens with one attached hydrogen (secondary N) is 1. The van der Waals surface area contributed by atoms with Gasteiger partial charge in [0, 0.05) is 17.6 Å². The molecule has 35 heavy (non-hydrogen) atoms. The zero-order valence-electron chi connectivity index (χ0n) is 20.7. The lowest BCUT2D eigenvalue weighted by atomic mass is 9.96. The van der Waals surface area contributed by atoms with E-state index in [0.29, 0.717) is 5.11 Å². The van der Waals surface area contributed by atoms with Crippen LogP contribution in [0.4, 0.5) is 5.69 Å². The highest BCUT2D eigenvalue weighted by Gasteiger charge is 2.43. The molecular formula is C29H30N4OS. The van der Waals surface area contributed by atoms with Gasteiger partial charge in [0.05, 0.1) is 36.3 Å². The summed E-state index contributed by atoms with van der Waals surface area (Å²) in [4.78, 5) is 6.88. The Bertz CT molecular complexity index is 1380. The molecule has 0 amide bonds. The van der Waals surface area contributed by atoms with Crippen molar-refractivity contribution >= 4 is 23.0 Å². The van der Waals surface area contributed by atoms with Crippen molar-refractivity contribution in [1.29, 1.82) is 0 Å². The van der Waals surface area contributed by atoms with E-state index in [9.17, 15) is 0 Å². The van der Waals surface area contributed by atoms with Gasteiger partial charge in [0.2, 0.25) is 0 Å². The number of thiocarbonyl (C=S) groups is 1. The Balaban J connectivity index is 1.73. The van der Waals surface area contributed by atoms with E-state index in [1.54, 1.807) is 7.11 Å². The number of aryl methyl sites for hydroxylation is 3. The normalized spacial score (nSPS) is 17.5. The first-order chi connectivity index (χ1) is 16.9. The number of nitrogens with zero attached hydrogens (tertiary/aromatic N) is 3. The predicted octanol–water partition coefficient (Wildman–Crippen LogP) is 6.29. The second kappa shape index (κ2) is 9.19. The molecule has 2 atom stereocenters. The molecule has 0 spiro atoms. The van der Waals surface area contributed by atoms with E-state index in [1.807, 2.05) is 36.5 Å². The minimum atomic E-state index is -0.111. The van der Waals surface area contributed by atoms with Gasteiger partial charge in [-0.15, -0.1) is 0 Å². The predicted molar refractivity (Wildman–Crippen MR) is 146 cm³/mol. The molecule has 1 N–H and O–H groups in total. The van der Waals surface area contributed by atoms with E-state index in [0.717, 1.165) is 17.1 Å². The summed E-state index contributed by atoms with van der Waals surface area (Å²) in [6.07, 6.45) is 1.84. The van der Waals surface area contributed by atoms with Gasteiger partial charge in [-0.2, -0.15) is 0 Å². The van der Waals surface area contributed by atoms with E-state index in [-0.39, 0.29) is 12.1 Å². The van der Waals surface area contributed by atoms with E-state index in [4.69, 9.17) is 21.9 Å². The molecule has 4 aromatic rings. The fourth-order valence-corrected chi connectivity index (χ4v) is 5.69. The first-order valence-corrected chi connectivity index (χ1v) is 12.2. The minimum absolute atomic E-state index is 0.0991. The molecule has 5 rings (SSSR count). The summed E-state index contributed by atoms with van der Waals surface area (Å²) >= 11 is 5.93. The van der Waals surface area contributed by atoms with Crippen LogP contribution in [0.15, 0.2) is 72.9 Å². The SMILES string of the molecule is COc1ccccc1N1C(=S)N[C@@H](c2ccccn2)[C@@H]1c1cc(C)n(-c2c(C)cccc2C)c1C. The third-order valence-corrected chi connectivity index (χ3v) is 7.21. The van der Waals surface area contributed by atoms with Gasteiger partial charge in [-0.25, -0.2) is 0 Å². The van der Waals surface area contributed by atoms with Crippen LogP contribution in [0.3, 0.4) is 0 Å². The highest BCUT2D eigenvalue weighted by molar-refractivity contribution is 7.80. The topological polar surface area (TPSA) is 42.3 Å². The Morgan fingerprint density at radius 2 is 1.63 bits per heavy atom. The maximum atomic E-state index is 5.93. The van der Waals surface area contributed by atoms with Crippen molar-refractivity contribution in [2.45, 2.75) is 39.8 Å². The first-order valence-electron chi connectivity index (χ1n) is 11.8. The Hall–Kier alpha value is -3.64. The molecule has 5 nitrogen and oxygen atoms in total. The summed E-state index contributed by atoms with van der Waals surface area (Å²) in [5, 5.41) is 4.23. The minimum Gasteiger partial charge on any atom is -0.495 e. The van der Waals surface area contributed by atoms with Crippen LogP contribution in [0.5, 0.6) is 5.75 Å².